The van der Waals surface area contributed by atoms with Gasteiger partial charge in [0.2, 0.25) is 0 Å². The van der Waals surface area contributed by atoms with Gasteiger partial charge in [-0.25, -0.2) is 4.39 Å². The first-order valence-corrected chi connectivity index (χ1v) is 5.52. The van der Waals surface area contributed by atoms with Gasteiger partial charge in [-0.1, -0.05) is 25.4 Å². The molecule has 0 saturated carbocycles. The van der Waals surface area contributed by atoms with Crippen LogP contribution >= 0.6 is 11.6 Å². The van der Waals surface area contributed by atoms with Crippen LogP contribution in [0.5, 0.6) is 0 Å². The fourth-order valence-corrected chi connectivity index (χ4v) is 1.68. The van der Waals surface area contributed by atoms with Crippen LogP contribution in [-0.4, -0.2) is 19.4 Å². The Bertz CT molecular complexity index is 404. The Labute approximate surface area is 99.8 Å². The Kier molecular flexibility index (Phi) is 4.44. The molecular formula is C12H15ClFNO. The number of ketones is 1. The van der Waals surface area contributed by atoms with E-state index >= 15 is 0 Å². The van der Waals surface area contributed by atoms with Crippen LogP contribution in [0.15, 0.2) is 12.1 Å². The van der Waals surface area contributed by atoms with E-state index in [1.807, 2.05) is 13.8 Å². The molecule has 0 aliphatic rings. The summed E-state index contributed by atoms with van der Waals surface area (Å²) in [4.78, 5) is 11.6. The van der Waals surface area contributed by atoms with E-state index in [2.05, 4.69) is 5.32 Å². The minimum Gasteiger partial charge on any atom is -0.313 e. The number of hydrogen-bond donors (Lipinski definition) is 1. The van der Waals surface area contributed by atoms with Gasteiger partial charge in [0.15, 0.2) is 5.78 Å². The van der Waals surface area contributed by atoms with Crippen LogP contribution in [0.25, 0.3) is 0 Å². The second-order valence-electron chi connectivity index (χ2n) is 3.97. The fraction of sp³-hybridized carbons (Fsp3) is 0.417. The van der Waals surface area contributed by atoms with E-state index in [4.69, 9.17) is 11.6 Å². The van der Waals surface area contributed by atoms with Crippen LogP contribution in [0.1, 0.15) is 35.7 Å². The molecule has 0 bridgehead atoms. The van der Waals surface area contributed by atoms with Crippen LogP contribution in [0.4, 0.5) is 4.39 Å². The average molecular weight is 244 g/mol. The minimum absolute atomic E-state index is 0.000152. The maximum absolute atomic E-state index is 13.6. The predicted octanol–water partition coefficient (Wildman–Crippen LogP) is 3.00. The maximum Gasteiger partial charge on any atom is 0.176 e. The Morgan fingerprint density at radius 3 is 2.62 bits per heavy atom. The van der Waals surface area contributed by atoms with Gasteiger partial charge in [-0.15, -0.1) is 0 Å². The zero-order valence-corrected chi connectivity index (χ0v) is 10.4. The van der Waals surface area contributed by atoms with Crippen LogP contribution in [-0.2, 0) is 0 Å². The molecule has 16 heavy (non-hydrogen) atoms. The van der Waals surface area contributed by atoms with E-state index in [9.17, 15) is 9.18 Å². The van der Waals surface area contributed by atoms with Gasteiger partial charge in [-0.3, -0.25) is 4.79 Å². The molecule has 0 saturated heterocycles. The molecule has 0 heterocycles. The van der Waals surface area contributed by atoms with Crippen molar-refractivity contribution < 1.29 is 9.18 Å². The normalized spacial score (nSPS) is 10.9. The van der Waals surface area contributed by atoms with Gasteiger partial charge in [0.25, 0.3) is 0 Å². The van der Waals surface area contributed by atoms with Crippen molar-refractivity contribution in [1.82, 2.24) is 5.32 Å². The van der Waals surface area contributed by atoms with Gasteiger partial charge < -0.3 is 5.32 Å². The third-order valence-electron chi connectivity index (χ3n) is 2.34. The summed E-state index contributed by atoms with van der Waals surface area (Å²) >= 11 is 5.76. The lowest BCUT2D eigenvalue weighted by Gasteiger charge is -2.10. The lowest BCUT2D eigenvalue weighted by molar-refractivity contribution is 0.0993. The quantitative estimate of drug-likeness (QED) is 0.824. The first-order chi connectivity index (χ1) is 7.47. The number of carbonyl (C=O) groups excluding carboxylic acids is 1. The lowest BCUT2D eigenvalue weighted by Crippen LogP contribution is -2.19. The van der Waals surface area contributed by atoms with E-state index in [-0.39, 0.29) is 23.3 Å². The molecule has 0 aliphatic heterocycles. The first kappa shape index (κ1) is 13.1. The SMILES string of the molecule is CNCC(=O)c1cc(Cl)c(F)c(C(C)C)c1. The number of hydrogen-bond acceptors (Lipinski definition) is 2. The maximum atomic E-state index is 13.6. The summed E-state index contributed by atoms with van der Waals surface area (Å²) in [7, 11) is 1.69. The molecule has 88 valence electrons. The zero-order valence-electron chi connectivity index (χ0n) is 9.60. The average Bonchev–Trinajstić information content (AvgIpc) is 2.21. The molecule has 0 atom stereocenters. The van der Waals surface area contributed by atoms with Crippen molar-refractivity contribution in [3.63, 3.8) is 0 Å². The monoisotopic (exact) mass is 243 g/mol. The Hall–Kier alpha value is -0.930. The van der Waals surface area contributed by atoms with Gasteiger partial charge >= 0.3 is 0 Å². The zero-order chi connectivity index (χ0) is 12.3. The number of benzene rings is 1. The highest BCUT2D eigenvalue weighted by Gasteiger charge is 2.15. The van der Waals surface area contributed by atoms with E-state index in [0.717, 1.165) is 0 Å². The van der Waals surface area contributed by atoms with Gasteiger partial charge in [0, 0.05) is 5.56 Å². The van der Waals surface area contributed by atoms with E-state index in [1.54, 1.807) is 13.1 Å². The molecule has 1 rings (SSSR count). The molecule has 0 unspecified atom stereocenters. The van der Waals surface area contributed by atoms with Gasteiger partial charge in [-0.05, 0) is 30.7 Å². The highest BCUT2D eigenvalue weighted by Crippen LogP contribution is 2.26. The van der Waals surface area contributed by atoms with E-state index in [0.29, 0.717) is 11.1 Å². The summed E-state index contributed by atoms with van der Waals surface area (Å²) in [5.74, 6) is -0.524. The molecule has 0 spiro atoms. The summed E-state index contributed by atoms with van der Waals surface area (Å²) in [6, 6.07) is 2.95. The van der Waals surface area contributed by atoms with Crippen molar-refractivity contribution in [3.05, 3.63) is 34.1 Å². The molecule has 0 amide bonds. The molecule has 0 fully saturated rings. The van der Waals surface area contributed by atoms with E-state index < -0.39 is 5.82 Å². The van der Waals surface area contributed by atoms with Crippen LogP contribution in [0, 0.1) is 5.82 Å². The Balaban J connectivity index is 3.18. The summed E-state index contributed by atoms with van der Waals surface area (Å²) in [6.45, 7) is 3.95. The highest BCUT2D eigenvalue weighted by molar-refractivity contribution is 6.31. The third-order valence-corrected chi connectivity index (χ3v) is 2.61. The number of rotatable bonds is 4. The smallest absolute Gasteiger partial charge is 0.176 e. The molecule has 1 aromatic rings. The van der Waals surface area contributed by atoms with Crippen LogP contribution in [0.2, 0.25) is 5.02 Å². The largest absolute Gasteiger partial charge is 0.313 e. The molecule has 4 heteroatoms. The molecular weight excluding hydrogens is 229 g/mol. The van der Waals surface area contributed by atoms with Crippen molar-refractivity contribution in [2.75, 3.05) is 13.6 Å². The summed E-state index contributed by atoms with van der Waals surface area (Å²) in [5.41, 5.74) is 0.927. The van der Waals surface area contributed by atoms with Crippen molar-refractivity contribution in [3.8, 4) is 0 Å². The van der Waals surface area contributed by atoms with Crippen molar-refractivity contribution >= 4 is 17.4 Å². The number of halogens is 2. The standard InChI is InChI=1S/C12H15ClFNO/c1-7(2)9-4-8(11(16)6-15-3)5-10(13)12(9)14/h4-5,7,15H,6H2,1-3H3. The summed E-state index contributed by atoms with van der Waals surface area (Å²) in [5, 5.41) is 2.77. The molecule has 0 radical (unpaired) electrons. The van der Waals surface area contributed by atoms with Gasteiger partial charge in [0.1, 0.15) is 5.82 Å². The van der Waals surface area contributed by atoms with Gasteiger partial charge in [0.05, 0.1) is 11.6 Å². The van der Waals surface area contributed by atoms with Crippen molar-refractivity contribution in [2.45, 2.75) is 19.8 Å². The predicted molar refractivity (Wildman–Crippen MR) is 63.8 cm³/mol. The minimum atomic E-state index is -0.433. The Morgan fingerprint density at radius 2 is 2.12 bits per heavy atom. The second kappa shape index (κ2) is 5.41. The van der Waals surface area contributed by atoms with E-state index in [1.165, 1.54) is 6.07 Å². The topological polar surface area (TPSA) is 29.1 Å². The summed E-state index contributed by atoms with van der Waals surface area (Å²) in [6.07, 6.45) is 0. The number of nitrogens with one attached hydrogen (secondary N) is 1. The Morgan fingerprint density at radius 1 is 1.50 bits per heavy atom. The molecule has 1 aromatic carbocycles. The number of carbonyl (C=O) groups is 1. The second-order valence-corrected chi connectivity index (χ2v) is 4.38. The summed E-state index contributed by atoms with van der Waals surface area (Å²) < 4.78 is 13.6. The van der Waals surface area contributed by atoms with Crippen molar-refractivity contribution in [1.29, 1.82) is 0 Å². The molecule has 2 nitrogen and oxygen atoms in total. The lowest BCUT2D eigenvalue weighted by atomic mass is 9.98. The molecule has 1 N–H and O–H groups in total. The fourth-order valence-electron chi connectivity index (χ4n) is 1.45. The third kappa shape index (κ3) is 2.80. The van der Waals surface area contributed by atoms with Gasteiger partial charge in [-0.2, -0.15) is 0 Å². The number of likely N-dealkylation sites (N-methyl/N-ethyl adjacent to an activating group) is 1. The van der Waals surface area contributed by atoms with Crippen LogP contribution < -0.4 is 5.32 Å². The molecule has 0 aliphatic carbocycles. The first-order valence-electron chi connectivity index (χ1n) is 5.14. The van der Waals surface area contributed by atoms with Crippen molar-refractivity contribution in [2.24, 2.45) is 0 Å². The van der Waals surface area contributed by atoms with Crippen LogP contribution in [0.3, 0.4) is 0 Å². The number of Topliss-reactive ketones (excluding diaryl/α,β-unsaturated/α-hetero) is 1. The molecule has 0 aromatic heterocycles. The highest BCUT2D eigenvalue weighted by atomic mass is 35.5.